The van der Waals surface area contributed by atoms with Gasteiger partial charge in [-0.05, 0) is 29.8 Å². The lowest BCUT2D eigenvalue weighted by Crippen LogP contribution is -2.42. The minimum absolute atomic E-state index is 0.00837. The van der Waals surface area contributed by atoms with Gasteiger partial charge in [-0.25, -0.2) is 0 Å². The highest BCUT2D eigenvalue weighted by molar-refractivity contribution is 5.95. The molecule has 0 saturated carbocycles. The van der Waals surface area contributed by atoms with Crippen molar-refractivity contribution in [2.45, 2.75) is 13.0 Å². The number of pyridine rings is 1. The predicted octanol–water partition coefficient (Wildman–Crippen LogP) is 1.69. The highest BCUT2D eigenvalue weighted by Crippen LogP contribution is 2.15. The zero-order valence-electron chi connectivity index (χ0n) is 11.8. The molecule has 23 heavy (non-hydrogen) atoms. The van der Waals surface area contributed by atoms with Crippen LogP contribution in [0, 0.1) is 0 Å². The average molecular weight is 321 g/mol. The van der Waals surface area contributed by atoms with Crippen molar-refractivity contribution < 1.29 is 23.1 Å². The molecule has 0 saturated heterocycles. The molecule has 0 atom stereocenters. The fourth-order valence-electron chi connectivity index (χ4n) is 1.71. The molecule has 0 radical (unpaired) electrons. The number of nitrogens with one attached hydrogen (secondary N) is 2. The Bertz CT molecular complexity index is 663. The van der Waals surface area contributed by atoms with Crippen molar-refractivity contribution in [2.24, 2.45) is 0 Å². The second-order valence-corrected chi connectivity index (χ2v) is 4.44. The maximum atomic E-state index is 12.0. The van der Waals surface area contributed by atoms with E-state index in [9.17, 15) is 18.4 Å². The quantitative estimate of drug-likeness (QED) is 0.821. The lowest BCUT2D eigenvalue weighted by Gasteiger charge is -2.08. The Kier molecular flexibility index (Phi) is 5.56. The first-order valence-electron chi connectivity index (χ1n) is 6.57. The molecule has 0 bridgehead atoms. The number of hydrogen-bond acceptors (Lipinski definition) is 4. The first-order valence-corrected chi connectivity index (χ1v) is 6.57. The topological polar surface area (TPSA) is 80.3 Å². The van der Waals surface area contributed by atoms with Crippen LogP contribution in [0.2, 0.25) is 0 Å². The Balaban J connectivity index is 1.81. The standard InChI is InChI=1S/C15H13F2N3O3/c16-15(17)23-12-5-3-10(4-6-12)8-13(21)19-20-14(22)11-2-1-7-18-9-11/h1-7,9,15H,8H2,(H,19,21)(H,20,22). The summed E-state index contributed by atoms with van der Waals surface area (Å²) in [5.74, 6) is -0.939. The summed E-state index contributed by atoms with van der Waals surface area (Å²) < 4.78 is 28.2. The van der Waals surface area contributed by atoms with Crippen LogP contribution >= 0.6 is 0 Å². The minimum atomic E-state index is -2.90. The molecule has 2 amide bonds. The normalized spacial score (nSPS) is 10.2. The van der Waals surface area contributed by atoms with E-state index < -0.39 is 18.4 Å². The van der Waals surface area contributed by atoms with Gasteiger partial charge < -0.3 is 4.74 Å². The van der Waals surface area contributed by atoms with Gasteiger partial charge in [0.1, 0.15) is 5.75 Å². The number of rotatable bonds is 5. The number of halogens is 2. The minimum Gasteiger partial charge on any atom is -0.435 e. The zero-order chi connectivity index (χ0) is 16.7. The van der Waals surface area contributed by atoms with Crippen LogP contribution in [0.3, 0.4) is 0 Å². The summed E-state index contributed by atoms with van der Waals surface area (Å²) in [5, 5.41) is 0. The van der Waals surface area contributed by atoms with Gasteiger partial charge >= 0.3 is 6.61 Å². The Morgan fingerprint density at radius 1 is 1.13 bits per heavy atom. The van der Waals surface area contributed by atoms with E-state index in [1.807, 2.05) is 0 Å². The van der Waals surface area contributed by atoms with E-state index in [1.165, 1.54) is 36.7 Å². The van der Waals surface area contributed by atoms with Crippen LogP contribution in [0.4, 0.5) is 8.78 Å². The van der Waals surface area contributed by atoms with Crippen molar-refractivity contribution in [2.75, 3.05) is 0 Å². The van der Waals surface area contributed by atoms with Crippen molar-refractivity contribution in [3.63, 3.8) is 0 Å². The molecule has 120 valence electrons. The third kappa shape index (κ3) is 5.34. The van der Waals surface area contributed by atoms with Gasteiger partial charge in [0, 0.05) is 12.4 Å². The summed E-state index contributed by atoms with van der Waals surface area (Å²) in [4.78, 5) is 27.2. The van der Waals surface area contributed by atoms with E-state index in [2.05, 4.69) is 20.6 Å². The number of aromatic nitrogens is 1. The number of hydrogen-bond donors (Lipinski definition) is 2. The maximum Gasteiger partial charge on any atom is 0.387 e. The molecule has 1 aromatic carbocycles. The van der Waals surface area contributed by atoms with Gasteiger partial charge in [-0.2, -0.15) is 8.78 Å². The first-order chi connectivity index (χ1) is 11.0. The second-order valence-electron chi connectivity index (χ2n) is 4.44. The third-order valence-corrected chi connectivity index (χ3v) is 2.75. The van der Waals surface area contributed by atoms with Crippen LogP contribution in [-0.4, -0.2) is 23.4 Å². The second kappa shape index (κ2) is 7.83. The monoisotopic (exact) mass is 321 g/mol. The predicted molar refractivity (Wildman–Crippen MR) is 76.6 cm³/mol. The summed E-state index contributed by atoms with van der Waals surface area (Å²) >= 11 is 0. The molecular formula is C15H13F2N3O3. The highest BCUT2D eigenvalue weighted by atomic mass is 19.3. The summed E-state index contributed by atoms with van der Waals surface area (Å²) in [6.45, 7) is -2.90. The molecule has 0 unspecified atom stereocenters. The lowest BCUT2D eigenvalue weighted by molar-refractivity contribution is -0.121. The number of carbonyl (C=O) groups is 2. The van der Waals surface area contributed by atoms with E-state index in [1.54, 1.807) is 12.1 Å². The number of carbonyl (C=O) groups excluding carboxylic acids is 2. The van der Waals surface area contributed by atoms with Gasteiger partial charge in [-0.15, -0.1) is 0 Å². The smallest absolute Gasteiger partial charge is 0.387 e. The van der Waals surface area contributed by atoms with Crippen molar-refractivity contribution in [1.29, 1.82) is 0 Å². The highest BCUT2D eigenvalue weighted by Gasteiger charge is 2.09. The van der Waals surface area contributed by atoms with Crippen molar-refractivity contribution in [1.82, 2.24) is 15.8 Å². The maximum absolute atomic E-state index is 12.0. The van der Waals surface area contributed by atoms with Crippen LogP contribution < -0.4 is 15.6 Å². The van der Waals surface area contributed by atoms with E-state index in [0.717, 1.165) is 0 Å². The number of amides is 2. The number of ether oxygens (including phenoxy) is 1. The summed E-state index contributed by atoms with van der Waals surface area (Å²) in [5.41, 5.74) is 5.40. The van der Waals surface area contributed by atoms with Crippen LogP contribution in [0.25, 0.3) is 0 Å². The number of nitrogens with zero attached hydrogens (tertiary/aromatic N) is 1. The van der Waals surface area contributed by atoms with Gasteiger partial charge in [-0.3, -0.25) is 25.4 Å². The van der Waals surface area contributed by atoms with Gasteiger partial charge in [0.05, 0.1) is 12.0 Å². The Morgan fingerprint density at radius 2 is 1.87 bits per heavy atom. The molecule has 0 fully saturated rings. The van der Waals surface area contributed by atoms with Gasteiger partial charge in [0.15, 0.2) is 0 Å². The molecule has 6 nitrogen and oxygen atoms in total. The molecule has 0 spiro atoms. The summed E-state index contributed by atoms with van der Waals surface area (Å²) in [7, 11) is 0. The SMILES string of the molecule is O=C(Cc1ccc(OC(F)F)cc1)NNC(=O)c1cccnc1. The fourth-order valence-corrected chi connectivity index (χ4v) is 1.71. The van der Waals surface area contributed by atoms with E-state index in [-0.39, 0.29) is 12.2 Å². The van der Waals surface area contributed by atoms with Crippen molar-refractivity contribution >= 4 is 11.8 Å². The number of benzene rings is 1. The number of hydrazine groups is 1. The molecule has 0 aliphatic carbocycles. The van der Waals surface area contributed by atoms with Crippen LogP contribution in [0.1, 0.15) is 15.9 Å². The van der Waals surface area contributed by atoms with Crippen LogP contribution in [-0.2, 0) is 11.2 Å². The Hall–Kier alpha value is -3.03. The summed E-state index contributed by atoms with van der Waals surface area (Å²) in [6, 6.07) is 8.79. The molecule has 2 rings (SSSR count). The average Bonchev–Trinajstić information content (AvgIpc) is 2.55. The van der Waals surface area contributed by atoms with E-state index >= 15 is 0 Å². The molecule has 0 aliphatic rings. The molecule has 0 aliphatic heterocycles. The molecule has 1 heterocycles. The Labute approximate surface area is 130 Å². The van der Waals surface area contributed by atoms with Crippen molar-refractivity contribution in [3.05, 3.63) is 59.9 Å². The molecule has 1 aromatic heterocycles. The van der Waals surface area contributed by atoms with Crippen molar-refractivity contribution in [3.8, 4) is 5.75 Å². The largest absolute Gasteiger partial charge is 0.435 e. The first kappa shape index (κ1) is 16.3. The van der Waals surface area contributed by atoms with Crippen LogP contribution in [0.5, 0.6) is 5.75 Å². The van der Waals surface area contributed by atoms with E-state index in [4.69, 9.17) is 0 Å². The number of alkyl halides is 2. The van der Waals surface area contributed by atoms with Gasteiger partial charge in [0.25, 0.3) is 5.91 Å². The third-order valence-electron chi connectivity index (χ3n) is 2.75. The van der Waals surface area contributed by atoms with Crippen LogP contribution in [0.15, 0.2) is 48.8 Å². The zero-order valence-corrected chi connectivity index (χ0v) is 11.8. The van der Waals surface area contributed by atoms with Gasteiger partial charge in [0.2, 0.25) is 5.91 Å². The molecule has 8 heteroatoms. The summed E-state index contributed by atoms with van der Waals surface area (Å²) in [6.07, 6.45) is 2.86. The van der Waals surface area contributed by atoms with Gasteiger partial charge in [-0.1, -0.05) is 12.1 Å². The Morgan fingerprint density at radius 3 is 2.48 bits per heavy atom. The molecule has 2 N–H and O–H groups in total. The molecule has 2 aromatic rings. The van der Waals surface area contributed by atoms with E-state index in [0.29, 0.717) is 11.1 Å². The lowest BCUT2D eigenvalue weighted by atomic mass is 10.1. The molecular weight excluding hydrogens is 308 g/mol. The fraction of sp³-hybridized carbons (Fsp3) is 0.133.